The summed E-state index contributed by atoms with van der Waals surface area (Å²) in [6.07, 6.45) is 11.5. The molecule has 0 aliphatic heterocycles. The zero-order valence-corrected chi connectivity index (χ0v) is 18.8. The van der Waals surface area contributed by atoms with Crippen LogP contribution in [0, 0.1) is 0 Å². The van der Waals surface area contributed by atoms with Crippen molar-refractivity contribution in [3.8, 4) is 0 Å². The molecule has 0 aromatic heterocycles. The first kappa shape index (κ1) is 20.8. The van der Waals surface area contributed by atoms with Crippen LogP contribution in [0.5, 0.6) is 0 Å². The predicted molar refractivity (Wildman–Crippen MR) is 131 cm³/mol. The molecule has 0 aliphatic carbocycles. The summed E-state index contributed by atoms with van der Waals surface area (Å²) in [7, 11) is 0. The third kappa shape index (κ3) is 3.60. The molecule has 0 heterocycles. The molecule has 0 saturated heterocycles. The summed E-state index contributed by atoms with van der Waals surface area (Å²) >= 11 is 0. The molecule has 4 aromatic carbocycles. The second-order valence-corrected chi connectivity index (χ2v) is 8.82. The highest BCUT2D eigenvalue weighted by Crippen LogP contribution is 2.41. The van der Waals surface area contributed by atoms with E-state index in [9.17, 15) is 4.79 Å². The van der Waals surface area contributed by atoms with Gasteiger partial charge in [-0.15, -0.1) is 0 Å². The second kappa shape index (κ2) is 9.16. The fourth-order valence-electron chi connectivity index (χ4n) is 5.07. The molecule has 0 fully saturated rings. The van der Waals surface area contributed by atoms with Crippen molar-refractivity contribution in [2.45, 2.75) is 78.6 Å². The normalized spacial score (nSPS) is 11.8. The van der Waals surface area contributed by atoms with Crippen molar-refractivity contribution < 1.29 is 4.79 Å². The molecule has 0 amide bonds. The van der Waals surface area contributed by atoms with E-state index in [0.717, 1.165) is 42.9 Å². The van der Waals surface area contributed by atoms with Gasteiger partial charge in [-0.3, -0.25) is 4.79 Å². The van der Waals surface area contributed by atoms with Crippen LogP contribution in [0.25, 0.3) is 32.3 Å². The topological polar surface area (TPSA) is 17.1 Å². The maximum Gasteiger partial charge on any atom is 0.150 e. The van der Waals surface area contributed by atoms with E-state index in [0.29, 0.717) is 0 Å². The minimum atomic E-state index is 0.845. The first-order valence-corrected chi connectivity index (χ1v) is 11.9. The van der Waals surface area contributed by atoms with Crippen molar-refractivity contribution >= 4 is 38.6 Å². The molecule has 0 radical (unpaired) electrons. The Kier molecular flexibility index (Phi) is 6.37. The minimum Gasteiger partial charge on any atom is -0.298 e. The number of hydrogen-bond acceptors (Lipinski definition) is 1. The molecule has 4 rings (SSSR count). The SMILES string of the molecule is CCCCc1cc(C=O)c2ccc3c(CCCC)cc(CCCC)c4ccc1c2c34. The van der Waals surface area contributed by atoms with Gasteiger partial charge in [-0.05, 0) is 93.6 Å². The van der Waals surface area contributed by atoms with Gasteiger partial charge in [0.1, 0.15) is 0 Å². The van der Waals surface area contributed by atoms with Gasteiger partial charge in [-0.2, -0.15) is 0 Å². The number of aldehydes is 1. The molecular formula is C29H34O. The van der Waals surface area contributed by atoms with Crippen molar-refractivity contribution in [1.29, 1.82) is 0 Å². The lowest BCUT2D eigenvalue weighted by molar-refractivity contribution is 0.112. The molecule has 0 spiro atoms. The van der Waals surface area contributed by atoms with Crippen molar-refractivity contribution in [3.63, 3.8) is 0 Å². The lowest BCUT2D eigenvalue weighted by atomic mass is 9.84. The smallest absolute Gasteiger partial charge is 0.150 e. The average Bonchev–Trinajstić information content (AvgIpc) is 2.78. The molecule has 0 N–H and O–H groups in total. The maximum atomic E-state index is 12.0. The molecule has 30 heavy (non-hydrogen) atoms. The fourth-order valence-corrected chi connectivity index (χ4v) is 5.07. The summed E-state index contributed by atoms with van der Waals surface area (Å²) in [5.74, 6) is 0. The van der Waals surface area contributed by atoms with Gasteiger partial charge in [-0.25, -0.2) is 0 Å². The lowest BCUT2D eigenvalue weighted by Gasteiger charge is -2.20. The van der Waals surface area contributed by atoms with E-state index in [1.807, 2.05) is 0 Å². The molecule has 0 saturated carbocycles. The van der Waals surface area contributed by atoms with E-state index in [-0.39, 0.29) is 0 Å². The van der Waals surface area contributed by atoms with E-state index >= 15 is 0 Å². The zero-order chi connectivity index (χ0) is 21.1. The van der Waals surface area contributed by atoms with Crippen LogP contribution in [0.4, 0.5) is 0 Å². The Morgan fingerprint density at radius 3 is 1.43 bits per heavy atom. The number of aryl methyl sites for hydroxylation is 3. The highest BCUT2D eigenvalue weighted by molar-refractivity contribution is 6.26. The minimum absolute atomic E-state index is 0.845. The van der Waals surface area contributed by atoms with E-state index in [4.69, 9.17) is 0 Å². The van der Waals surface area contributed by atoms with Gasteiger partial charge in [0, 0.05) is 5.56 Å². The molecule has 1 heteroatoms. The molecular weight excluding hydrogens is 364 g/mol. The van der Waals surface area contributed by atoms with Gasteiger partial charge in [0.05, 0.1) is 0 Å². The number of carbonyl (C=O) groups is 1. The predicted octanol–water partition coefficient (Wildman–Crippen LogP) is 8.42. The number of hydrogen-bond donors (Lipinski definition) is 0. The highest BCUT2D eigenvalue weighted by Gasteiger charge is 2.17. The van der Waals surface area contributed by atoms with E-state index < -0.39 is 0 Å². The molecule has 0 aliphatic rings. The van der Waals surface area contributed by atoms with Gasteiger partial charge in [0.25, 0.3) is 0 Å². The van der Waals surface area contributed by atoms with Gasteiger partial charge in [0.15, 0.2) is 6.29 Å². The first-order chi connectivity index (χ1) is 14.7. The van der Waals surface area contributed by atoms with Crippen LogP contribution in [0.3, 0.4) is 0 Å². The summed E-state index contributed by atoms with van der Waals surface area (Å²) in [5.41, 5.74) is 5.14. The van der Waals surface area contributed by atoms with Crippen LogP contribution in [0.2, 0.25) is 0 Å². The molecule has 1 nitrogen and oxygen atoms in total. The van der Waals surface area contributed by atoms with E-state index in [2.05, 4.69) is 57.2 Å². The summed E-state index contributed by atoms with van der Waals surface area (Å²) in [6, 6.07) is 13.8. The highest BCUT2D eigenvalue weighted by atomic mass is 16.1. The monoisotopic (exact) mass is 398 g/mol. The second-order valence-electron chi connectivity index (χ2n) is 8.82. The number of rotatable bonds is 10. The Morgan fingerprint density at radius 1 is 0.600 bits per heavy atom. The van der Waals surface area contributed by atoms with Gasteiger partial charge in [-0.1, -0.05) is 70.4 Å². The van der Waals surface area contributed by atoms with Crippen LogP contribution in [0.15, 0.2) is 36.4 Å². The summed E-state index contributed by atoms with van der Waals surface area (Å²) in [5, 5.41) is 7.95. The lowest BCUT2D eigenvalue weighted by Crippen LogP contribution is -1.99. The Hall–Kier alpha value is -2.41. The third-order valence-corrected chi connectivity index (χ3v) is 6.71. The van der Waals surface area contributed by atoms with Gasteiger partial charge in [0.2, 0.25) is 0 Å². The van der Waals surface area contributed by atoms with E-state index in [1.54, 1.807) is 0 Å². The number of carbonyl (C=O) groups excluding carboxylic acids is 1. The fraction of sp³-hybridized carbons (Fsp3) is 0.414. The Bertz CT molecular complexity index is 1140. The third-order valence-electron chi connectivity index (χ3n) is 6.71. The van der Waals surface area contributed by atoms with Crippen LogP contribution >= 0.6 is 0 Å². The molecule has 0 unspecified atom stereocenters. The van der Waals surface area contributed by atoms with Crippen LogP contribution in [0.1, 0.15) is 86.3 Å². The summed E-state index contributed by atoms with van der Waals surface area (Å²) < 4.78 is 0. The van der Waals surface area contributed by atoms with Crippen LogP contribution < -0.4 is 0 Å². The van der Waals surface area contributed by atoms with Crippen molar-refractivity contribution in [3.05, 3.63) is 58.7 Å². The quantitative estimate of drug-likeness (QED) is 0.193. The standard InChI is InChI=1S/C29H34O/c1-4-7-10-20-17-21(11-8-5-2)25-15-16-27-23(19-30)18-22(12-9-6-3)26-14-13-24(20)28(25)29(26)27/h13-19H,4-12H2,1-3H3. The van der Waals surface area contributed by atoms with Gasteiger partial charge < -0.3 is 0 Å². The summed E-state index contributed by atoms with van der Waals surface area (Å²) in [6.45, 7) is 6.77. The molecule has 0 atom stereocenters. The maximum absolute atomic E-state index is 12.0. The van der Waals surface area contributed by atoms with Crippen molar-refractivity contribution in [2.75, 3.05) is 0 Å². The average molecular weight is 399 g/mol. The Morgan fingerprint density at radius 2 is 1.00 bits per heavy atom. The summed E-state index contributed by atoms with van der Waals surface area (Å²) in [4.78, 5) is 12.0. The van der Waals surface area contributed by atoms with Gasteiger partial charge >= 0.3 is 0 Å². The van der Waals surface area contributed by atoms with E-state index in [1.165, 1.54) is 75.7 Å². The van der Waals surface area contributed by atoms with Crippen LogP contribution in [-0.4, -0.2) is 6.29 Å². The Labute approximate surface area is 180 Å². The molecule has 4 aromatic rings. The van der Waals surface area contributed by atoms with Crippen molar-refractivity contribution in [2.24, 2.45) is 0 Å². The van der Waals surface area contributed by atoms with Crippen LogP contribution in [-0.2, 0) is 19.3 Å². The Balaban J connectivity index is 2.09. The number of unbranched alkanes of at least 4 members (excludes halogenated alkanes) is 3. The molecule has 0 bridgehead atoms. The van der Waals surface area contributed by atoms with Crippen molar-refractivity contribution in [1.82, 2.24) is 0 Å². The number of benzene rings is 4. The largest absolute Gasteiger partial charge is 0.298 e. The molecule has 156 valence electrons. The zero-order valence-electron chi connectivity index (χ0n) is 18.8. The first-order valence-electron chi connectivity index (χ1n) is 11.9.